The Morgan fingerprint density at radius 2 is 1.80 bits per heavy atom. The third kappa shape index (κ3) is 5.03. The van der Waals surface area contributed by atoms with Crippen LogP contribution in [0.1, 0.15) is 77.2 Å². The fourth-order valence-corrected chi connectivity index (χ4v) is 10.3. The van der Waals surface area contributed by atoms with E-state index in [1.807, 2.05) is 12.1 Å². The maximum atomic E-state index is 13.4. The van der Waals surface area contributed by atoms with Gasteiger partial charge in [0.05, 0.1) is 26.9 Å². The standard InChI is InChI=1S/C35H50O9/c1-18(37)29-24(23-15-20(41-4)7-9-27(23)42-5)16-26-22-8-6-19-14-21(10-12-34(19,2)25(22)11-13-35(26,29)3)43-33-32(40)31(39)30(38)28(17-36)44-33/h6-7,9,15,21-22,24-26,28-33,36,38-40H,8,10-14,16-17H2,1-5H3/t21?,22?,24?,25?,26?,28-,29?,30+,31?,32-,33?,34?,35?/m1/s1. The zero-order valence-corrected chi connectivity index (χ0v) is 26.6. The van der Waals surface area contributed by atoms with Crippen molar-refractivity contribution in [3.8, 4) is 11.5 Å². The lowest BCUT2D eigenvalue weighted by atomic mass is 9.47. The first-order valence-electron chi connectivity index (χ1n) is 16.3. The third-order valence-electron chi connectivity index (χ3n) is 12.6. The zero-order valence-electron chi connectivity index (χ0n) is 26.6. The summed E-state index contributed by atoms with van der Waals surface area (Å²) in [6.07, 6.45) is 2.34. The van der Waals surface area contributed by atoms with Gasteiger partial charge < -0.3 is 39.4 Å². The number of ether oxygens (including phenoxy) is 4. The van der Waals surface area contributed by atoms with Gasteiger partial charge in [-0.2, -0.15) is 0 Å². The van der Waals surface area contributed by atoms with E-state index in [4.69, 9.17) is 18.9 Å². The number of hydrogen-bond acceptors (Lipinski definition) is 9. The maximum Gasteiger partial charge on any atom is 0.186 e. The number of fused-ring (bicyclic) bond motifs is 5. The van der Waals surface area contributed by atoms with Crippen LogP contribution in [0.15, 0.2) is 29.8 Å². The molecule has 1 aromatic rings. The summed E-state index contributed by atoms with van der Waals surface area (Å²) in [6, 6.07) is 5.94. The molecule has 0 aromatic heterocycles. The number of benzene rings is 1. The molecule has 1 aliphatic heterocycles. The smallest absolute Gasteiger partial charge is 0.186 e. The van der Waals surface area contributed by atoms with Gasteiger partial charge in [-0.05, 0) is 105 Å². The number of allylic oxidation sites excluding steroid dienone is 1. The molecular formula is C35H50O9. The van der Waals surface area contributed by atoms with E-state index in [2.05, 4.69) is 26.0 Å². The largest absolute Gasteiger partial charge is 0.497 e. The van der Waals surface area contributed by atoms with Gasteiger partial charge in [-0.1, -0.05) is 25.5 Å². The number of carbonyl (C=O) groups is 1. The maximum absolute atomic E-state index is 13.4. The van der Waals surface area contributed by atoms with E-state index in [0.29, 0.717) is 17.8 Å². The first kappa shape index (κ1) is 32.0. The Morgan fingerprint density at radius 3 is 2.48 bits per heavy atom. The molecule has 13 atom stereocenters. The third-order valence-corrected chi connectivity index (χ3v) is 12.6. The van der Waals surface area contributed by atoms with Gasteiger partial charge in [-0.15, -0.1) is 0 Å². The summed E-state index contributed by atoms with van der Waals surface area (Å²) in [5, 5.41) is 40.5. The van der Waals surface area contributed by atoms with Crippen LogP contribution < -0.4 is 9.47 Å². The highest BCUT2D eigenvalue weighted by Crippen LogP contribution is 2.69. The Balaban J connectivity index is 1.24. The summed E-state index contributed by atoms with van der Waals surface area (Å²) < 4.78 is 23.2. The van der Waals surface area contributed by atoms with Gasteiger partial charge in [-0.3, -0.25) is 4.79 Å². The second-order valence-corrected chi connectivity index (χ2v) is 14.5. The predicted octanol–water partition coefficient (Wildman–Crippen LogP) is 3.75. The van der Waals surface area contributed by atoms with Crippen LogP contribution in [0.2, 0.25) is 0 Å². The number of ketones is 1. The number of hydrogen-bond donors (Lipinski definition) is 4. The minimum absolute atomic E-state index is 0.0248. The van der Waals surface area contributed by atoms with E-state index in [1.54, 1.807) is 21.1 Å². The molecule has 4 aliphatic carbocycles. The molecule has 9 nitrogen and oxygen atoms in total. The molecule has 6 rings (SSSR count). The van der Waals surface area contributed by atoms with E-state index >= 15 is 0 Å². The molecular weight excluding hydrogens is 564 g/mol. The van der Waals surface area contributed by atoms with Crippen LogP contribution in [-0.4, -0.2) is 83.8 Å². The van der Waals surface area contributed by atoms with E-state index < -0.39 is 37.3 Å². The van der Waals surface area contributed by atoms with Crippen LogP contribution >= 0.6 is 0 Å². The highest BCUT2D eigenvalue weighted by Gasteiger charge is 2.62. The van der Waals surface area contributed by atoms with E-state index in [9.17, 15) is 25.2 Å². The van der Waals surface area contributed by atoms with Gasteiger partial charge >= 0.3 is 0 Å². The summed E-state index contributed by atoms with van der Waals surface area (Å²) in [5.74, 6) is 3.25. The Kier molecular flexibility index (Phi) is 8.70. The fraction of sp³-hybridized carbons (Fsp3) is 0.743. The summed E-state index contributed by atoms with van der Waals surface area (Å²) in [4.78, 5) is 13.4. The molecule has 0 amide bonds. The Hall–Kier alpha value is -2.01. The highest BCUT2D eigenvalue weighted by atomic mass is 16.7. The lowest BCUT2D eigenvalue weighted by molar-refractivity contribution is -0.313. The minimum Gasteiger partial charge on any atom is -0.497 e. The normalized spacial score (nSPS) is 45.0. The molecule has 5 aliphatic rings. The molecule has 0 bridgehead atoms. The van der Waals surface area contributed by atoms with Crippen molar-refractivity contribution < 1.29 is 44.2 Å². The molecule has 0 radical (unpaired) electrons. The number of aliphatic hydroxyl groups excluding tert-OH is 4. The lowest BCUT2D eigenvalue weighted by Crippen LogP contribution is -2.60. The molecule has 1 heterocycles. The SMILES string of the molecule is COc1ccc(OC)c(C2CC3C4CC=C5CC(OC6O[C@H](CO)[C@H](O)C(O)[C@H]6O)CCC5(C)C4CCC3(C)C2C(C)=O)c1. The Morgan fingerprint density at radius 1 is 1.02 bits per heavy atom. The van der Waals surface area contributed by atoms with E-state index in [0.717, 1.165) is 62.0 Å². The summed E-state index contributed by atoms with van der Waals surface area (Å²) in [5.41, 5.74) is 2.40. The van der Waals surface area contributed by atoms with Crippen molar-refractivity contribution in [2.75, 3.05) is 20.8 Å². The molecule has 1 aromatic carbocycles. The van der Waals surface area contributed by atoms with Crippen molar-refractivity contribution in [2.45, 2.75) is 108 Å². The molecule has 1 saturated heterocycles. The van der Waals surface area contributed by atoms with Gasteiger partial charge in [0.1, 0.15) is 41.7 Å². The molecule has 10 unspecified atom stereocenters. The number of rotatable bonds is 7. The van der Waals surface area contributed by atoms with Gasteiger partial charge in [0.15, 0.2) is 6.29 Å². The molecule has 3 saturated carbocycles. The fourth-order valence-electron chi connectivity index (χ4n) is 10.3. The van der Waals surface area contributed by atoms with Crippen molar-refractivity contribution in [1.82, 2.24) is 0 Å². The number of methoxy groups -OCH3 is 2. The second kappa shape index (κ2) is 12.0. The molecule has 244 valence electrons. The predicted molar refractivity (Wildman–Crippen MR) is 162 cm³/mol. The highest BCUT2D eigenvalue weighted by molar-refractivity contribution is 5.81. The number of aliphatic hydroxyl groups is 4. The number of Topliss-reactive ketones (excluding diaryl/α,β-unsaturated/α-hetero) is 1. The van der Waals surface area contributed by atoms with Crippen LogP contribution in [0.5, 0.6) is 11.5 Å². The van der Waals surface area contributed by atoms with Crippen LogP contribution in [0, 0.1) is 34.5 Å². The first-order chi connectivity index (χ1) is 21.0. The first-order valence-corrected chi connectivity index (χ1v) is 16.3. The van der Waals surface area contributed by atoms with Crippen LogP contribution in [0.3, 0.4) is 0 Å². The average Bonchev–Trinajstić information content (AvgIpc) is 3.34. The Bertz CT molecular complexity index is 1260. The van der Waals surface area contributed by atoms with Gasteiger partial charge in [0.2, 0.25) is 0 Å². The van der Waals surface area contributed by atoms with Gasteiger partial charge in [0.25, 0.3) is 0 Å². The summed E-state index contributed by atoms with van der Waals surface area (Å²) >= 11 is 0. The monoisotopic (exact) mass is 614 g/mol. The summed E-state index contributed by atoms with van der Waals surface area (Å²) in [7, 11) is 3.37. The van der Waals surface area contributed by atoms with Crippen molar-refractivity contribution in [3.63, 3.8) is 0 Å². The van der Waals surface area contributed by atoms with Gasteiger partial charge in [-0.25, -0.2) is 0 Å². The van der Waals surface area contributed by atoms with Crippen molar-refractivity contribution in [3.05, 3.63) is 35.4 Å². The quantitative estimate of drug-likeness (QED) is 0.339. The van der Waals surface area contributed by atoms with Crippen LogP contribution in [-0.2, 0) is 14.3 Å². The van der Waals surface area contributed by atoms with Crippen molar-refractivity contribution >= 4 is 5.78 Å². The van der Waals surface area contributed by atoms with Gasteiger partial charge in [0, 0.05) is 11.5 Å². The average molecular weight is 615 g/mol. The van der Waals surface area contributed by atoms with E-state index in [-0.39, 0.29) is 34.6 Å². The number of carbonyl (C=O) groups excluding carboxylic acids is 1. The Labute approximate surface area is 260 Å². The topological polar surface area (TPSA) is 135 Å². The molecule has 0 spiro atoms. The van der Waals surface area contributed by atoms with Crippen LogP contribution in [0.25, 0.3) is 0 Å². The van der Waals surface area contributed by atoms with Crippen molar-refractivity contribution in [2.24, 2.45) is 34.5 Å². The summed E-state index contributed by atoms with van der Waals surface area (Å²) in [6.45, 7) is 6.06. The molecule has 4 fully saturated rings. The van der Waals surface area contributed by atoms with E-state index in [1.165, 1.54) is 5.57 Å². The second-order valence-electron chi connectivity index (χ2n) is 14.5. The minimum atomic E-state index is -1.45. The van der Waals surface area contributed by atoms with Crippen LogP contribution in [0.4, 0.5) is 0 Å². The lowest BCUT2D eigenvalue weighted by Gasteiger charge is -2.58. The molecule has 4 N–H and O–H groups in total. The zero-order chi connectivity index (χ0) is 31.6. The molecule has 9 heteroatoms. The molecule has 44 heavy (non-hydrogen) atoms. The van der Waals surface area contributed by atoms with Crippen molar-refractivity contribution in [1.29, 1.82) is 0 Å².